The van der Waals surface area contributed by atoms with Crippen LogP contribution in [0.5, 0.6) is 0 Å². The summed E-state index contributed by atoms with van der Waals surface area (Å²) in [5, 5.41) is 11.5. The summed E-state index contributed by atoms with van der Waals surface area (Å²) in [5.74, 6) is 0. The Morgan fingerprint density at radius 3 is 2.83 bits per heavy atom. The molecule has 0 bridgehead atoms. The highest BCUT2D eigenvalue weighted by Crippen LogP contribution is 2.15. The zero-order valence-corrected chi connectivity index (χ0v) is 8.53. The van der Waals surface area contributed by atoms with E-state index in [0.717, 1.165) is 19.3 Å². The first-order valence-corrected chi connectivity index (χ1v) is 5.32. The summed E-state index contributed by atoms with van der Waals surface area (Å²) < 4.78 is 0. The van der Waals surface area contributed by atoms with Crippen LogP contribution in [0.2, 0.25) is 0 Å². The summed E-state index contributed by atoms with van der Waals surface area (Å²) in [5.41, 5.74) is 1.37. The monoisotopic (exact) mass is 184 g/mol. The third-order valence-electron chi connectivity index (χ3n) is 2.02. The predicted molar refractivity (Wildman–Crippen MR) is 53.7 cm³/mol. The molecule has 1 unspecified atom stereocenters. The van der Waals surface area contributed by atoms with Gasteiger partial charge in [0, 0.05) is 4.88 Å². The van der Waals surface area contributed by atoms with Crippen LogP contribution in [0.15, 0.2) is 11.4 Å². The number of hydrogen-bond donors (Lipinski definition) is 1. The standard InChI is InChI=1S/C10H16OS/c1-3-10(11)5-4-9-6-8(2)12-7-9/h6-7,10-11H,3-5H2,1-2H3. The first-order valence-electron chi connectivity index (χ1n) is 4.44. The highest BCUT2D eigenvalue weighted by molar-refractivity contribution is 7.10. The Hall–Kier alpha value is -0.340. The fraction of sp³-hybridized carbons (Fsp3) is 0.600. The Bertz CT molecular complexity index is 229. The molecule has 0 aliphatic carbocycles. The van der Waals surface area contributed by atoms with Gasteiger partial charge in [-0.05, 0) is 43.2 Å². The number of hydrogen-bond acceptors (Lipinski definition) is 2. The fourth-order valence-electron chi connectivity index (χ4n) is 1.17. The maximum atomic E-state index is 9.33. The topological polar surface area (TPSA) is 20.2 Å². The molecule has 0 radical (unpaired) electrons. The molecule has 0 fully saturated rings. The second-order valence-corrected chi connectivity index (χ2v) is 4.28. The molecule has 1 aromatic heterocycles. The van der Waals surface area contributed by atoms with Crippen LogP contribution in [0.4, 0.5) is 0 Å². The molecule has 0 aliphatic rings. The van der Waals surface area contributed by atoms with Gasteiger partial charge in [0.15, 0.2) is 0 Å². The molecular weight excluding hydrogens is 168 g/mol. The maximum absolute atomic E-state index is 9.33. The van der Waals surface area contributed by atoms with Crippen molar-refractivity contribution < 1.29 is 5.11 Å². The Balaban J connectivity index is 2.33. The highest BCUT2D eigenvalue weighted by Gasteiger charge is 2.02. The van der Waals surface area contributed by atoms with Gasteiger partial charge >= 0.3 is 0 Å². The van der Waals surface area contributed by atoms with E-state index in [2.05, 4.69) is 18.4 Å². The number of aliphatic hydroxyl groups excluding tert-OH is 1. The van der Waals surface area contributed by atoms with Crippen molar-refractivity contribution in [1.29, 1.82) is 0 Å². The lowest BCUT2D eigenvalue weighted by Gasteiger charge is -2.04. The quantitative estimate of drug-likeness (QED) is 0.763. The smallest absolute Gasteiger partial charge is 0.0540 e. The van der Waals surface area contributed by atoms with Gasteiger partial charge in [0.1, 0.15) is 0 Å². The average molecular weight is 184 g/mol. The molecule has 1 nitrogen and oxygen atoms in total. The Kier molecular flexibility index (Phi) is 3.76. The molecule has 0 spiro atoms. The SMILES string of the molecule is CCC(O)CCc1csc(C)c1. The van der Waals surface area contributed by atoms with Crippen molar-refractivity contribution in [2.45, 2.75) is 39.2 Å². The summed E-state index contributed by atoms with van der Waals surface area (Å²) in [4.78, 5) is 1.36. The molecule has 12 heavy (non-hydrogen) atoms. The van der Waals surface area contributed by atoms with Crippen LogP contribution < -0.4 is 0 Å². The van der Waals surface area contributed by atoms with Gasteiger partial charge < -0.3 is 5.11 Å². The molecule has 0 aromatic carbocycles. The van der Waals surface area contributed by atoms with Crippen molar-refractivity contribution in [1.82, 2.24) is 0 Å². The lowest BCUT2D eigenvalue weighted by Crippen LogP contribution is -2.05. The van der Waals surface area contributed by atoms with Crippen LogP contribution in [-0.2, 0) is 6.42 Å². The van der Waals surface area contributed by atoms with E-state index in [1.165, 1.54) is 10.4 Å². The molecule has 0 amide bonds. The van der Waals surface area contributed by atoms with Gasteiger partial charge in [0.2, 0.25) is 0 Å². The average Bonchev–Trinajstić information content (AvgIpc) is 2.47. The molecule has 0 aliphatic heterocycles. The number of aliphatic hydroxyl groups is 1. The molecule has 1 aromatic rings. The molecule has 1 heterocycles. The summed E-state index contributed by atoms with van der Waals surface area (Å²) >= 11 is 1.78. The molecule has 0 saturated heterocycles. The Labute approximate surface area is 78.1 Å². The number of aryl methyl sites for hydroxylation is 2. The van der Waals surface area contributed by atoms with Crippen molar-refractivity contribution in [3.8, 4) is 0 Å². The number of rotatable bonds is 4. The fourth-order valence-corrected chi connectivity index (χ4v) is 1.91. The van der Waals surface area contributed by atoms with Crippen LogP contribution >= 0.6 is 11.3 Å². The van der Waals surface area contributed by atoms with Crippen molar-refractivity contribution in [2.75, 3.05) is 0 Å². The van der Waals surface area contributed by atoms with Gasteiger partial charge in [-0.2, -0.15) is 0 Å². The Morgan fingerprint density at radius 2 is 2.33 bits per heavy atom. The van der Waals surface area contributed by atoms with Crippen LogP contribution in [0.3, 0.4) is 0 Å². The van der Waals surface area contributed by atoms with Gasteiger partial charge in [-0.1, -0.05) is 6.92 Å². The van der Waals surface area contributed by atoms with E-state index in [9.17, 15) is 5.11 Å². The molecule has 1 rings (SSSR count). The summed E-state index contributed by atoms with van der Waals surface area (Å²) in [6.45, 7) is 4.13. The van der Waals surface area contributed by atoms with Crippen LogP contribution in [0.1, 0.15) is 30.2 Å². The van der Waals surface area contributed by atoms with E-state index in [1.54, 1.807) is 11.3 Å². The van der Waals surface area contributed by atoms with Gasteiger partial charge in [0.25, 0.3) is 0 Å². The third kappa shape index (κ3) is 2.95. The predicted octanol–water partition coefficient (Wildman–Crippen LogP) is 2.76. The van der Waals surface area contributed by atoms with Crippen molar-refractivity contribution >= 4 is 11.3 Å². The molecular formula is C10H16OS. The molecule has 1 N–H and O–H groups in total. The first kappa shape index (κ1) is 9.75. The van der Waals surface area contributed by atoms with E-state index < -0.39 is 0 Å². The lowest BCUT2D eigenvalue weighted by molar-refractivity contribution is 0.160. The van der Waals surface area contributed by atoms with E-state index in [0.29, 0.717) is 0 Å². The van der Waals surface area contributed by atoms with Crippen LogP contribution in [0.25, 0.3) is 0 Å². The maximum Gasteiger partial charge on any atom is 0.0540 e. The minimum Gasteiger partial charge on any atom is -0.393 e. The van der Waals surface area contributed by atoms with Gasteiger partial charge in [-0.25, -0.2) is 0 Å². The normalized spacial score (nSPS) is 13.2. The first-order chi connectivity index (χ1) is 5.72. The zero-order chi connectivity index (χ0) is 8.97. The minimum absolute atomic E-state index is 0.120. The second-order valence-electron chi connectivity index (χ2n) is 3.17. The Morgan fingerprint density at radius 1 is 1.58 bits per heavy atom. The molecule has 1 atom stereocenters. The molecule has 0 saturated carbocycles. The van der Waals surface area contributed by atoms with Gasteiger partial charge in [-0.3, -0.25) is 0 Å². The van der Waals surface area contributed by atoms with Crippen LogP contribution in [0, 0.1) is 6.92 Å². The zero-order valence-electron chi connectivity index (χ0n) is 7.71. The van der Waals surface area contributed by atoms with E-state index in [4.69, 9.17) is 0 Å². The van der Waals surface area contributed by atoms with E-state index >= 15 is 0 Å². The summed E-state index contributed by atoms with van der Waals surface area (Å²) in [7, 11) is 0. The van der Waals surface area contributed by atoms with Gasteiger partial charge in [-0.15, -0.1) is 11.3 Å². The van der Waals surface area contributed by atoms with Gasteiger partial charge in [0.05, 0.1) is 6.10 Å². The van der Waals surface area contributed by atoms with Crippen molar-refractivity contribution in [3.63, 3.8) is 0 Å². The second kappa shape index (κ2) is 4.63. The van der Waals surface area contributed by atoms with Crippen LogP contribution in [-0.4, -0.2) is 11.2 Å². The molecule has 68 valence electrons. The third-order valence-corrected chi connectivity index (χ3v) is 2.93. The van der Waals surface area contributed by atoms with E-state index in [1.807, 2.05) is 6.92 Å². The van der Waals surface area contributed by atoms with E-state index in [-0.39, 0.29) is 6.10 Å². The largest absolute Gasteiger partial charge is 0.393 e. The number of thiophene rings is 1. The lowest BCUT2D eigenvalue weighted by atomic mass is 10.1. The molecule has 2 heteroatoms. The summed E-state index contributed by atoms with van der Waals surface area (Å²) in [6, 6.07) is 2.20. The minimum atomic E-state index is -0.120. The van der Waals surface area contributed by atoms with Crippen molar-refractivity contribution in [3.05, 3.63) is 21.9 Å². The summed E-state index contributed by atoms with van der Waals surface area (Å²) in [6.07, 6.45) is 2.65. The highest BCUT2D eigenvalue weighted by atomic mass is 32.1. The van der Waals surface area contributed by atoms with Crippen molar-refractivity contribution in [2.24, 2.45) is 0 Å².